The van der Waals surface area contributed by atoms with Crippen LogP contribution in [0.3, 0.4) is 0 Å². The van der Waals surface area contributed by atoms with E-state index in [4.69, 9.17) is 22.1 Å². The summed E-state index contributed by atoms with van der Waals surface area (Å²) in [6.45, 7) is 1.96. The van der Waals surface area contributed by atoms with Crippen LogP contribution in [0.2, 0.25) is 5.02 Å². The predicted octanol–water partition coefficient (Wildman–Crippen LogP) is 4.09. The van der Waals surface area contributed by atoms with Crippen LogP contribution in [-0.2, 0) is 6.42 Å². The zero-order valence-corrected chi connectivity index (χ0v) is 13.4. The van der Waals surface area contributed by atoms with E-state index < -0.39 is 0 Å². The van der Waals surface area contributed by atoms with E-state index in [1.165, 1.54) is 0 Å². The predicted molar refractivity (Wildman–Crippen MR) is 89.6 cm³/mol. The molecule has 0 aliphatic rings. The van der Waals surface area contributed by atoms with Crippen molar-refractivity contribution in [2.24, 2.45) is 5.73 Å². The maximum Gasteiger partial charge on any atom is 0.132 e. The summed E-state index contributed by atoms with van der Waals surface area (Å²) in [7, 11) is 4.00. The monoisotopic (exact) mass is 304 g/mol. The fourth-order valence-corrected chi connectivity index (χ4v) is 2.35. The average molecular weight is 305 g/mol. The highest BCUT2D eigenvalue weighted by atomic mass is 35.5. The van der Waals surface area contributed by atoms with Gasteiger partial charge in [0, 0.05) is 42.5 Å². The summed E-state index contributed by atoms with van der Waals surface area (Å²) in [5, 5.41) is 0.688. The highest BCUT2D eigenvalue weighted by Gasteiger charge is 2.11. The van der Waals surface area contributed by atoms with Crippen LogP contribution in [0.25, 0.3) is 0 Å². The Morgan fingerprint density at radius 2 is 1.90 bits per heavy atom. The number of halogens is 1. The lowest BCUT2D eigenvalue weighted by atomic mass is 10.1. The van der Waals surface area contributed by atoms with E-state index >= 15 is 0 Å². The van der Waals surface area contributed by atoms with Crippen LogP contribution < -0.4 is 15.4 Å². The Labute approximate surface area is 131 Å². The van der Waals surface area contributed by atoms with Gasteiger partial charge in [-0.05, 0) is 37.6 Å². The van der Waals surface area contributed by atoms with E-state index in [1.807, 2.05) is 68.4 Å². The second kappa shape index (κ2) is 6.83. The van der Waals surface area contributed by atoms with Gasteiger partial charge in [-0.25, -0.2) is 0 Å². The molecule has 0 aliphatic carbocycles. The first-order valence-electron chi connectivity index (χ1n) is 6.95. The molecular formula is C17H21ClN2O. The molecule has 0 aliphatic heterocycles. The molecule has 2 N–H and O–H groups in total. The van der Waals surface area contributed by atoms with E-state index in [9.17, 15) is 0 Å². The van der Waals surface area contributed by atoms with Gasteiger partial charge in [-0.1, -0.05) is 23.7 Å². The summed E-state index contributed by atoms with van der Waals surface area (Å²) >= 11 is 6.28. The molecule has 0 fully saturated rings. The third-order valence-electron chi connectivity index (χ3n) is 3.16. The number of rotatable bonds is 5. The van der Waals surface area contributed by atoms with Crippen molar-refractivity contribution in [1.29, 1.82) is 0 Å². The first-order chi connectivity index (χ1) is 9.97. The lowest BCUT2D eigenvalue weighted by Crippen LogP contribution is -2.18. The van der Waals surface area contributed by atoms with Gasteiger partial charge in [-0.2, -0.15) is 0 Å². The number of ether oxygens (including phenoxy) is 1. The van der Waals surface area contributed by atoms with Gasteiger partial charge in [-0.15, -0.1) is 0 Å². The van der Waals surface area contributed by atoms with Crippen LogP contribution >= 0.6 is 11.6 Å². The van der Waals surface area contributed by atoms with Crippen LogP contribution in [-0.4, -0.2) is 20.1 Å². The molecule has 0 aromatic heterocycles. The van der Waals surface area contributed by atoms with E-state index in [1.54, 1.807) is 0 Å². The van der Waals surface area contributed by atoms with Crippen LogP contribution in [0.5, 0.6) is 11.5 Å². The van der Waals surface area contributed by atoms with Crippen LogP contribution in [0.15, 0.2) is 42.5 Å². The molecule has 2 aromatic rings. The second-order valence-electron chi connectivity index (χ2n) is 5.39. The normalized spacial score (nSPS) is 12.0. The Morgan fingerprint density at radius 1 is 1.19 bits per heavy atom. The molecule has 21 heavy (non-hydrogen) atoms. The number of nitrogens with zero attached hydrogens (tertiary/aromatic N) is 1. The molecule has 2 rings (SSSR count). The van der Waals surface area contributed by atoms with Gasteiger partial charge < -0.3 is 15.4 Å². The third-order valence-corrected chi connectivity index (χ3v) is 3.52. The summed E-state index contributed by atoms with van der Waals surface area (Å²) in [4.78, 5) is 2.04. The van der Waals surface area contributed by atoms with Crippen LogP contribution in [0.1, 0.15) is 12.5 Å². The van der Waals surface area contributed by atoms with E-state index in [0.717, 1.165) is 22.7 Å². The molecule has 0 saturated heterocycles. The first kappa shape index (κ1) is 15.7. The molecule has 1 atom stereocenters. The number of anilines is 1. The van der Waals surface area contributed by atoms with Crippen LogP contribution in [0.4, 0.5) is 5.69 Å². The summed E-state index contributed by atoms with van der Waals surface area (Å²) in [6.07, 6.45) is 0.683. The van der Waals surface area contributed by atoms with E-state index in [2.05, 4.69) is 0 Å². The number of hydrogen-bond acceptors (Lipinski definition) is 3. The van der Waals surface area contributed by atoms with Crippen LogP contribution in [0, 0.1) is 0 Å². The Bertz CT molecular complexity index is 611. The van der Waals surface area contributed by atoms with Gasteiger partial charge in [-0.3, -0.25) is 0 Å². The topological polar surface area (TPSA) is 38.5 Å². The van der Waals surface area contributed by atoms with Crippen molar-refractivity contribution in [2.75, 3.05) is 19.0 Å². The van der Waals surface area contributed by atoms with Crippen molar-refractivity contribution in [1.82, 2.24) is 0 Å². The number of nitrogens with two attached hydrogens (primary N) is 1. The van der Waals surface area contributed by atoms with E-state index in [-0.39, 0.29) is 6.04 Å². The van der Waals surface area contributed by atoms with Crippen molar-refractivity contribution in [3.8, 4) is 11.5 Å². The van der Waals surface area contributed by atoms with Crippen molar-refractivity contribution in [3.63, 3.8) is 0 Å². The average Bonchev–Trinajstić information content (AvgIpc) is 2.42. The molecule has 0 heterocycles. The summed E-state index contributed by atoms with van der Waals surface area (Å²) in [5.41, 5.74) is 7.93. The lowest BCUT2D eigenvalue weighted by molar-refractivity contribution is 0.474. The Morgan fingerprint density at radius 3 is 2.57 bits per heavy atom. The van der Waals surface area contributed by atoms with Crippen molar-refractivity contribution < 1.29 is 4.74 Å². The highest BCUT2D eigenvalue weighted by Crippen LogP contribution is 2.32. The maximum atomic E-state index is 6.28. The molecule has 0 saturated carbocycles. The molecule has 2 aromatic carbocycles. The largest absolute Gasteiger partial charge is 0.457 e. The summed E-state index contributed by atoms with van der Waals surface area (Å²) in [6, 6.07) is 13.6. The molecule has 1 unspecified atom stereocenters. The van der Waals surface area contributed by atoms with Crippen molar-refractivity contribution >= 4 is 17.3 Å². The first-order valence-corrected chi connectivity index (χ1v) is 7.33. The quantitative estimate of drug-likeness (QED) is 0.904. The Kier molecular flexibility index (Phi) is 5.10. The van der Waals surface area contributed by atoms with Gasteiger partial charge >= 0.3 is 0 Å². The van der Waals surface area contributed by atoms with Gasteiger partial charge in [0.2, 0.25) is 0 Å². The summed E-state index contributed by atoms with van der Waals surface area (Å²) < 4.78 is 6.02. The Hall–Kier alpha value is -1.71. The number of benzene rings is 2. The zero-order valence-electron chi connectivity index (χ0n) is 12.6. The van der Waals surface area contributed by atoms with Gasteiger partial charge in [0.1, 0.15) is 11.5 Å². The standard InChI is InChI=1S/C17H21ClN2O/c1-12(19)10-15-16(18)8-5-9-17(15)21-14-7-4-6-13(11-14)20(2)3/h4-9,11-12H,10,19H2,1-3H3. The molecule has 112 valence electrons. The van der Waals surface area contributed by atoms with Gasteiger partial charge in [0.25, 0.3) is 0 Å². The fraction of sp³-hybridized carbons (Fsp3) is 0.294. The second-order valence-corrected chi connectivity index (χ2v) is 5.80. The molecule has 0 spiro atoms. The molecule has 0 bridgehead atoms. The lowest BCUT2D eigenvalue weighted by Gasteiger charge is -2.16. The minimum atomic E-state index is 0.0281. The molecular weight excluding hydrogens is 284 g/mol. The van der Waals surface area contributed by atoms with Gasteiger partial charge in [0.15, 0.2) is 0 Å². The molecule has 4 heteroatoms. The smallest absolute Gasteiger partial charge is 0.132 e. The van der Waals surface area contributed by atoms with Gasteiger partial charge in [0.05, 0.1) is 0 Å². The summed E-state index contributed by atoms with van der Waals surface area (Å²) in [5.74, 6) is 1.55. The number of hydrogen-bond donors (Lipinski definition) is 1. The highest BCUT2D eigenvalue weighted by molar-refractivity contribution is 6.31. The Balaban J connectivity index is 2.31. The fourth-order valence-electron chi connectivity index (χ4n) is 2.11. The maximum absolute atomic E-state index is 6.28. The van der Waals surface area contributed by atoms with E-state index in [0.29, 0.717) is 11.4 Å². The zero-order chi connectivity index (χ0) is 15.4. The third kappa shape index (κ3) is 4.13. The minimum Gasteiger partial charge on any atom is -0.457 e. The SMILES string of the molecule is CC(N)Cc1c(Cl)cccc1Oc1cccc(N(C)C)c1. The van der Waals surface area contributed by atoms with Crippen molar-refractivity contribution in [2.45, 2.75) is 19.4 Å². The molecule has 3 nitrogen and oxygen atoms in total. The van der Waals surface area contributed by atoms with Crippen molar-refractivity contribution in [3.05, 3.63) is 53.1 Å². The minimum absolute atomic E-state index is 0.0281. The molecule has 0 amide bonds. The molecule has 0 radical (unpaired) electrons.